The molecule has 2 aromatic rings. The Labute approximate surface area is 162 Å². The highest BCUT2D eigenvalue weighted by Gasteiger charge is 2.50. The van der Waals surface area contributed by atoms with Crippen LogP contribution in [-0.2, 0) is 15.1 Å². The molecular weight excluding hydrogens is 399 g/mol. The van der Waals surface area contributed by atoms with Gasteiger partial charge in [0, 0.05) is 5.56 Å². The van der Waals surface area contributed by atoms with Crippen LogP contribution < -0.4 is 10.6 Å². The van der Waals surface area contributed by atoms with Crippen LogP contribution in [0, 0.1) is 17.5 Å². The van der Waals surface area contributed by atoms with E-state index in [1.54, 1.807) is 0 Å². The Hall–Kier alpha value is -3.07. The molecule has 146 valence electrons. The average Bonchev–Trinajstić information content (AvgIpc) is 2.83. The Kier molecular flexibility index (Phi) is 5.03. The Balaban J connectivity index is 1.80. The van der Waals surface area contributed by atoms with E-state index in [2.05, 4.69) is 10.6 Å². The fourth-order valence-electron chi connectivity index (χ4n) is 2.83. The number of benzene rings is 2. The quantitative estimate of drug-likeness (QED) is 0.759. The molecule has 4 amide bonds. The molecule has 0 aromatic heterocycles. The van der Waals surface area contributed by atoms with Crippen LogP contribution in [0.5, 0.6) is 0 Å². The fourth-order valence-corrected chi connectivity index (χ4v) is 3.04. The molecule has 0 saturated carbocycles. The highest BCUT2D eigenvalue weighted by molar-refractivity contribution is 6.33. The number of carbonyl (C=O) groups is 3. The third-order valence-electron chi connectivity index (χ3n) is 4.25. The molecule has 1 aliphatic heterocycles. The summed E-state index contributed by atoms with van der Waals surface area (Å²) in [5.41, 5.74) is -2.16. The normalized spacial score (nSPS) is 19.0. The van der Waals surface area contributed by atoms with Gasteiger partial charge in [0.25, 0.3) is 5.91 Å². The molecule has 10 heteroatoms. The minimum absolute atomic E-state index is 0.0720. The maximum absolute atomic E-state index is 14.1. The highest BCUT2D eigenvalue weighted by Crippen LogP contribution is 2.31. The van der Waals surface area contributed by atoms with E-state index >= 15 is 0 Å². The van der Waals surface area contributed by atoms with Gasteiger partial charge in [-0.15, -0.1) is 0 Å². The number of urea groups is 1. The number of hydrogen-bond donors (Lipinski definition) is 2. The zero-order chi connectivity index (χ0) is 20.6. The number of hydrogen-bond acceptors (Lipinski definition) is 3. The molecule has 1 fully saturated rings. The molecule has 28 heavy (non-hydrogen) atoms. The molecule has 2 N–H and O–H groups in total. The minimum Gasteiger partial charge on any atom is -0.323 e. The zero-order valence-electron chi connectivity index (χ0n) is 14.4. The van der Waals surface area contributed by atoms with Gasteiger partial charge in [0.2, 0.25) is 5.91 Å². The first-order chi connectivity index (χ1) is 13.1. The molecule has 0 radical (unpaired) electrons. The lowest BCUT2D eigenvalue weighted by Gasteiger charge is -2.22. The first kappa shape index (κ1) is 19.7. The molecule has 1 saturated heterocycles. The molecule has 0 aliphatic carbocycles. The van der Waals surface area contributed by atoms with Crippen molar-refractivity contribution in [1.29, 1.82) is 0 Å². The summed E-state index contributed by atoms with van der Waals surface area (Å²) in [4.78, 5) is 37.7. The lowest BCUT2D eigenvalue weighted by Crippen LogP contribution is -2.42. The summed E-state index contributed by atoms with van der Waals surface area (Å²) < 4.78 is 40.7. The summed E-state index contributed by atoms with van der Waals surface area (Å²) in [6.45, 7) is 0.505. The molecule has 0 unspecified atom stereocenters. The topological polar surface area (TPSA) is 78.5 Å². The van der Waals surface area contributed by atoms with Crippen molar-refractivity contribution in [2.75, 3.05) is 11.9 Å². The van der Waals surface area contributed by atoms with Crippen molar-refractivity contribution in [3.05, 3.63) is 64.4 Å². The molecule has 3 rings (SSSR count). The monoisotopic (exact) mass is 411 g/mol. The van der Waals surface area contributed by atoms with Crippen molar-refractivity contribution < 1.29 is 27.6 Å². The van der Waals surface area contributed by atoms with Gasteiger partial charge in [0.05, 0.1) is 10.7 Å². The molecule has 2 aromatic carbocycles. The van der Waals surface area contributed by atoms with Crippen LogP contribution in [0.15, 0.2) is 36.4 Å². The van der Waals surface area contributed by atoms with Crippen LogP contribution in [0.4, 0.5) is 23.7 Å². The van der Waals surface area contributed by atoms with Gasteiger partial charge in [-0.3, -0.25) is 14.5 Å². The van der Waals surface area contributed by atoms with E-state index in [4.69, 9.17) is 11.6 Å². The van der Waals surface area contributed by atoms with Crippen molar-refractivity contribution >= 4 is 35.1 Å². The summed E-state index contributed by atoms with van der Waals surface area (Å²) in [6.07, 6.45) is 0. The van der Waals surface area contributed by atoms with Crippen LogP contribution in [-0.4, -0.2) is 29.3 Å². The van der Waals surface area contributed by atoms with Crippen molar-refractivity contribution in [1.82, 2.24) is 10.2 Å². The maximum Gasteiger partial charge on any atom is 0.325 e. The van der Waals surface area contributed by atoms with Gasteiger partial charge >= 0.3 is 6.03 Å². The van der Waals surface area contributed by atoms with E-state index in [1.807, 2.05) is 0 Å². The van der Waals surface area contributed by atoms with Gasteiger partial charge in [-0.25, -0.2) is 18.0 Å². The van der Waals surface area contributed by atoms with E-state index < -0.39 is 47.4 Å². The van der Waals surface area contributed by atoms with Gasteiger partial charge in [-0.1, -0.05) is 11.6 Å². The van der Waals surface area contributed by atoms with E-state index in [0.29, 0.717) is 4.90 Å². The molecule has 1 aliphatic rings. The Bertz CT molecular complexity index is 1000. The SMILES string of the molecule is C[C@]1(c2cc(F)ccc2F)NC(=O)N(CC(=O)Nc2ccc(F)cc2Cl)C1=O. The number of carbonyl (C=O) groups excluding carboxylic acids is 3. The summed E-state index contributed by atoms with van der Waals surface area (Å²) in [5.74, 6) is -4.00. The van der Waals surface area contributed by atoms with Gasteiger partial charge in [-0.2, -0.15) is 0 Å². The van der Waals surface area contributed by atoms with Crippen molar-refractivity contribution in [2.45, 2.75) is 12.5 Å². The standard InChI is InChI=1S/C18H13ClF3N3O3/c1-18(11-6-9(20)2-4-13(11)22)16(27)25(17(28)24-18)8-15(26)23-14-5-3-10(21)7-12(14)19/h2-7H,8H2,1H3,(H,23,26)(H,24,28)/t18-/m1/s1. The molecule has 1 heterocycles. The predicted molar refractivity (Wildman–Crippen MR) is 94.0 cm³/mol. The van der Waals surface area contributed by atoms with E-state index in [-0.39, 0.29) is 16.3 Å². The van der Waals surface area contributed by atoms with Gasteiger partial charge in [0.15, 0.2) is 0 Å². The van der Waals surface area contributed by atoms with Crippen LogP contribution in [0.25, 0.3) is 0 Å². The molecule has 0 bridgehead atoms. The van der Waals surface area contributed by atoms with E-state index in [9.17, 15) is 27.6 Å². The van der Waals surface area contributed by atoms with Crippen LogP contribution in [0.2, 0.25) is 5.02 Å². The number of anilines is 1. The predicted octanol–water partition coefficient (Wildman–Crippen LogP) is 3.16. The fraction of sp³-hybridized carbons (Fsp3) is 0.167. The number of nitrogens with one attached hydrogen (secondary N) is 2. The highest BCUT2D eigenvalue weighted by atomic mass is 35.5. The van der Waals surface area contributed by atoms with E-state index in [0.717, 1.165) is 30.3 Å². The smallest absolute Gasteiger partial charge is 0.323 e. The van der Waals surface area contributed by atoms with E-state index in [1.165, 1.54) is 13.0 Å². The second kappa shape index (κ2) is 7.16. The first-order valence-corrected chi connectivity index (χ1v) is 8.34. The molecular formula is C18H13ClF3N3O3. The van der Waals surface area contributed by atoms with Crippen LogP contribution >= 0.6 is 11.6 Å². The summed E-state index contributed by atoms with van der Waals surface area (Å²) in [7, 11) is 0. The Morgan fingerprint density at radius 1 is 1.14 bits per heavy atom. The second-order valence-electron chi connectivity index (χ2n) is 6.24. The van der Waals surface area contributed by atoms with Gasteiger partial charge in [0.1, 0.15) is 29.5 Å². The molecule has 1 atom stereocenters. The van der Waals surface area contributed by atoms with Crippen molar-refractivity contribution in [2.24, 2.45) is 0 Å². The van der Waals surface area contributed by atoms with Crippen molar-refractivity contribution in [3.63, 3.8) is 0 Å². The maximum atomic E-state index is 14.1. The molecule has 0 spiro atoms. The number of amides is 4. The molecule has 6 nitrogen and oxygen atoms in total. The minimum atomic E-state index is -1.88. The number of rotatable bonds is 4. The van der Waals surface area contributed by atoms with Crippen LogP contribution in [0.1, 0.15) is 12.5 Å². The second-order valence-corrected chi connectivity index (χ2v) is 6.65. The Morgan fingerprint density at radius 2 is 1.79 bits per heavy atom. The van der Waals surface area contributed by atoms with Gasteiger partial charge in [-0.05, 0) is 43.3 Å². The lowest BCUT2D eigenvalue weighted by molar-refractivity contribution is -0.133. The third-order valence-corrected chi connectivity index (χ3v) is 4.56. The largest absolute Gasteiger partial charge is 0.325 e. The van der Waals surface area contributed by atoms with Crippen molar-refractivity contribution in [3.8, 4) is 0 Å². The lowest BCUT2D eigenvalue weighted by atomic mass is 9.91. The summed E-state index contributed by atoms with van der Waals surface area (Å²) >= 11 is 5.81. The van der Waals surface area contributed by atoms with Crippen LogP contribution in [0.3, 0.4) is 0 Å². The summed E-state index contributed by atoms with van der Waals surface area (Å²) in [6, 6.07) is 4.83. The summed E-state index contributed by atoms with van der Waals surface area (Å²) in [5, 5.41) is 4.55. The number of nitrogens with zero attached hydrogens (tertiary/aromatic N) is 1. The van der Waals surface area contributed by atoms with Gasteiger partial charge < -0.3 is 10.6 Å². The zero-order valence-corrected chi connectivity index (χ0v) is 15.1. The number of halogens is 4. The number of imide groups is 1. The third kappa shape index (κ3) is 3.53. The average molecular weight is 412 g/mol. The Morgan fingerprint density at radius 3 is 2.46 bits per heavy atom. The first-order valence-electron chi connectivity index (χ1n) is 7.96.